The molecule has 0 spiro atoms. The Balaban J connectivity index is 1.97. The normalized spacial score (nSPS) is 13.7. The zero-order chi connectivity index (χ0) is 30.1. The Labute approximate surface area is 218 Å². The van der Waals surface area contributed by atoms with Gasteiger partial charge in [-0.25, -0.2) is 4.39 Å². The molecule has 0 amide bonds. The number of hydrogen-bond donors (Lipinski definition) is 1. The van der Waals surface area contributed by atoms with Gasteiger partial charge in [-0.15, -0.1) is 0 Å². The van der Waals surface area contributed by atoms with Crippen molar-refractivity contribution < 1.29 is 62.5 Å². The fraction of sp³-hybridized carbons (Fsp3) is 0.280. The molecule has 3 aromatic rings. The number of anilines is 1. The second kappa shape index (κ2) is 11.1. The zero-order valence-corrected chi connectivity index (χ0v) is 19.7. The lowest BCUT2D eigenvalue weighted by molar-refractivity contribution is -0.289. The lowest BCUT2D eigenvalue weighted by Gasteiger charge is -2.29. The molecule has 1 N–H and O–H groups in total. The van der Waals surface area contributed by atoms with Gasteiger partial charge in [0.15, 0.2) is 6.10 Å². The second-order valence-electron chi connectivity index (χ2n) is 8.44. The molecular formula is C25H17F12NO2. The van der Waals surface area contributed by atoms with Crippen molar-refractivity contribution in [3.05, 3.63) is 89.2 Å². The van der Waals surface area contributed by atoms with E-state index in [9.17, 15) is 57.8 Å². The van der Waals surface area contributed by atoms with Crippen LogP contribution < -0.4 is 9.64 Å². The summed E-state index contributed by atoms with van der Waals surface area (Å²) in [6.45, 7) is -2.16. The highest BCUT2D eigenvalue weighted by atomic mass is 19.4. The van der Waals surface area contributed by atoms with Crippen molar-refractivity contribution in [3.63, 3.8) is 0 Å². The predicted molar refractivity (Wildman–Crippen MR) is 117 cm³/mol. The van der Waals surface area contributed by atoms with Crippen LogP contribution in [0.15, 0.2) is 66.7 Å². The van der Waals surface area contributed by atoms with Crippen LogP contribution in [-0.2, 0) is 18.6 Å². The molecule has 0 aliphatic rings. The molecule has 40 heavy (non-hydrogen) atoms. The van der Waals surface area contributed by atoms with Crippen LogP contribution in [0.2, 0.25) is 0 Å². The average Bonchev–Trinajstić information content (AvgIpc) is 2.83. The van der Waals surface area contributed by atoms with E-state index in [4.69, 9.17) is 4.74 Å². The molecule has 0 aliphatic heterocycles. The summed E-state index contributed by atoms with van der Waals surface area (Å²) in [6, 6.07) is 8.47. The minimum atomic E-state index is -5.91. The van der Waals surface area contributed by atoms with E-state index in [2.05, 4.69) is 0 Å². The molecular weight excluding hydrogens is 574 g/mol. The number of ether oxygens (including phenoxy) is 1. The van der Waals surface area contributed by atoms with E-state index < -0.39 is 71.9 Å². The van der Waals surface area contributed by atoms with Crippen molar-refractivity contribution in [2.75, 3.05) is 11.4 Å². The number of rotatable bonds is 8. The third-order valence-corrected chi connectivity index (χ3v) is 5.48. The molecule has 0 radical (unpaired) electrons. The maximum absolute atomic E-state index is 14.3. The number of aliphatic hydroxyl groups excluding tert-OH is 1. The Kier molecular flexibility index (Phi) is 8.58. The smallest absolute Gasteiger partial charge is 0.457 e. The van der Waals surface area contributed by atoms with Gasteiger partial charge in [0.25, 0.3) is 0 Å². The first kappa shape index (κ1) is 30.9. The SMILES string of the molecule is OC(CN(Cc1cc(C(F)(F)F)ccc1F)c1cccc(Oc2cccc(C(F)(F)C(F)(F)F)c2)c1)C(F)(F)F. The lowest BCUT2D eigenvalue weighted by atomic mass is 10.1. The van der Waals surface area contributed by atoms with Crippen LogP contribution in [-0.4, -0.2) is 30.1 Å². The molecule has 0 bridgehead atoms. The molecule has 0 saturated carbocycles. The van der Waals surface area contributed by atoms with Gasteiger partial charge >= 0.3 is 24.5 Å². The van der Waals surface area contributed by atoms with Gasteiger partial charge in [-0.05, 0) is 42.5 Å². The highest BCUT2D eigenvalue weighted by Gasteiger charge is 2.58. The van der Waals surface area contributed by atoms with Crippen molar-refractivity contribution in [1.82, 2.24) is 0 Å². The molecule has 3 aromatic carbocycles. The van der Waals surface area contributed by atoms with Crippen LogP contribution in [0.1, 0.15) is 16.7 Å². The Hall–Kier alpha value is -3.62. The van der Waals surface area contributed by atoms with Gasteiger partial charge in [-0.1, -0.05) is 18.2 Å². The van der Waals surface area contributed by atoms with Gasteiger partial charge in [0.05, 0.1) is 12.1 Å². The average molecular weight is 591 g/mol. The maximum Gasteiger partial charge on any atom is 0.458 e. The van der Waals surface area contributed by atoms with Crippen LogP contribution in [0.25, 0.3) is 0 Å². The van der Waals surface area contributed by atoms with Crippen molar-refractivity contribution in [2.24, 2.45) is 0 Å². The van der Waals surface area contributed by atoms with E-state index in [1.165, 1.54) is 0 Å². The van der Waals surface area contributed by atoms with E-state index in [0.29, 0.717) is 35.2 Å². The van der Waals surface area contributed by atoms with Gasteiger partial charge in [-0.2, -0.15) is 48.3 Å². The fourth-order valence-electron chi connectivity index (χ4n) is 3.45. The van der Waals surface area contributed by atoms with Crippen LogP contribution in [0.4, 0.5) is 58.4 Å². The number of hydrogen-bond acceptors (Lipinski definition) is 3. The summed E-state index contributed by atoms with van der Waals surface area (Å²) in [6.07, 6.45) is -19.0. The van der Waals surface area contributed by atoms with Crippen molar-refractivity contribution in [3.8, 4) is 11.5 Å². The third-order valence-electron chi connectivity index (χ3n) is 5.48. The summed E-state index contributed by atoms with van der Waals surface area (Å²) in [5, 5.41) is 9.59. The summed E-state index contributed by atoms with van der Waals surface area (Å²) in [7, 11) is 0. The number of halogens is 12. The first-order chi connectivity index (χ1) is 18.3. The first-order valence-corrected chi connectivity index (χ1v) is 11.0. The Morgan fingerprint density at radius 2 is 1.32 bits per heavy atom. The standard InChI is InChI=1S/C25H17F12NO2/c26-20-8-7-16(23(29,30)31)9-14(20)12-38(13-21(39)24(32,33)34)17-4-2-6-19(11-17)40-18-5-1-3-15(10-18)22(27,28)25(35,36)37/h1-11,21,39H,12-13H2. The molecule has 218 valence electrons. The fourth-order valence-corrected chi connectivity index (χ4v) is 3.45. The van der Waals surface area contributed by atoms with E-state index in [1.807, 2.05) is 0 Å². The Bertz CT molecular complexity index is 1320. The van der Waals surface area contributed by atoms with Crippen LogP contribution >= 0.6 is 0 Å². The molecule has 0 aromatic heterocycles. The summed E-state index contributed by atoms with van der Waals surface area (Å²) in [5.41, 5.74) is -3.65. The van der Waals surface area contributed by atoms with E-state index >= 15 is 0 Å². The molecule has 1 atom stereocenters. The van der Waals surface area contributed by atoms with Crippen molar-refractivity contribution in [1.29, 1.82) is 0 Å². The quantitative estimate of drug-likeness (QED) is 0.268. The highest BCUT2D eigenvalue weighted by molar-refractivity contribution is 5.52. The molecule has 0 fully saturated rings. The number of aliphatic hydroxyl groups is 1. The van der Waals surface area contributed by atoms with Gasteiger partial charge in [-0.3, -0.25) is 0 Å². The molecule has 0 aliphatic carbocycles. The summed E-state index contributed by atoms with van der Waals surface area (Å²) >= 11 is 0. The monoisotopic (exact) mass is 591 g/mol. The summed E-state index contributed by atoms with van der Waals surface area (Å²) < 4.78 is 164. The van der Waals surface area contributed by atoms with Gasteiger partial charge < -0.3 is 14.7 Å². The lowest BCUT2D eigenvalue weighted by Crippen LogP contribution is -2.41. The van der Waals surface area contributed by atoms with E-state index in [1.54, 1.807) is 0 Å². The number of nitrogens with zero attached hydrogens (tertiary/aromatic N) is 1. The number of alkyl halides is 11. The summed E-state index contributed by atoms with van der Waals surface area (Å²) in [5.74, 6) is -7.21. The molecule has 1 unspecified atom stereocenters. The van der Waals surface area contributed by atoms with Crippen LogP contribution in [0.3, 0.4) is 0 Å². The van der Waals surface area contributed by atoms with Gasteiger partial charge in [0.2, 0.25) is 0 Å². The molecule has 3 nitrogen and oxygen atoms in total. The van der Waals surface area contributed by atoms with Crippen molar-refractivity contribution >= 4 is 5.69 Å². The van der Waals surface area contributed by atoms with Crippen LogP contribution in [0, 0.1) is 5.82 Å². The van der Waals surface area contributed by atoms with Crippen LogP contribution in [0.5, 0.6) is 11.5 Å². The largest absolute Gasteiger partial charge is 0.458 e. The molecule has 15 heteroatoms. The number of benzene rings is 3. The summed E-state index contributed by atoms with van der Waals surface area (Å²) in [4.78, 5) is 0.692. The highest BCUT2D eigenvalue weighted by Crippen LogP contribution is 2.45. The Morgan fingerprint density at radius 3 is 1.90 bits per heavy atom. The van der Waals surface area contributed by atoms with E-state index in [-0.39, 0.29) is 11.4 Å². The van der Waals surface area contributed by atoms with Gasteiger partial charge in [0.1, 0.15) is 17.3 Å². The Morgan fingerprint density at radius 1 is 0.725 bits per heavy atom. The molecule has 0 heterocycles. The van der Waals surface area contributed by atoms with Crippen molar-refractivity contribution in [2.45, 2.75) is 37.1 Å². The zero-order valence-electron chi connectivity index (χ0n) is 19.7. The minimum absolute atomic E-state index is 0.241. The maximum atomic E-state index is 14.3. The second-order valence-corrected chi connectivity index (χ2v) is 8.44. The third kappa shape index (κ3) is 7.31. The molecule has 0 saturated heterocycles. The molecule has 3 rings (SSSR count). The minimum Gasteiger partial charge on any atom is -0.457 e. The topological polar surface area (TPSA) is 32.7 Å². The first-order valence-electron chi connectivity index (χ1n) is 11.0. The van der Waals surface area contributed by atoms with Gasteiger partial charge in [0, 0.05) is 29.4 Å². The predicted octanol–water partition coefficient (Wildman–Crippen LogP) is 8.22. The van der Waals surface area contributed by atoms with E-state index in [0.717, 1.165) is 36.4 Å².